The molecule has 3 atom stereocenters. The fraction of sp³-hybridized carbons (Fsp3) is 0.600. The molecule has 42 heavy (non-hydrogen) atoms. The summed E-state index contributed by atoms with van der Waals surface area (Å²) in [6.45, 7) is 3.70. The summed E-state index contributed by atoms with van der Waals surface area (Å²) in [5.41, 5.74) is 0. The quantitative estimate of drug-likeness (QED) is 0.0432. The van der Waals surface area contributed by atoms with Gasteiger partial charge in [-0.2, -0.15) is 0 Å². The molecule has 0 aliphatic carbocycles. The van der Waals surface area contributed by atoms with Crippen LogP contribution in [0.4, 0.5) is 0 Å². The Bertz CT molecular complexity index is 838. The third-order valence-corrected chi connectivity index (χ3v) is 6.19. The molecule has 0 unspecified atom stereocenters. The van der Waals surface area contributed by atoms with E-state index in [0.29, 0.717) is 25.7 Å². The van der Waals surface area contributed by atoms with Crippen molar-refractivity contribution in [3.05, 3.63) is 72.9 Å². The van der Waals surface area contributed by atoms with E-state index in [-0.39, 0.29) is 19.0 Å². The molecule has 0 fully saturated rings. The molecule has 0 aliphatic rings. The van der Waals surface area contributed by atoms with E-state index in [0.717, 1.165) is 32.1 Å². The molecule has 0 rings (SSSR count). The zero-order valence-electron chi connectivity index (χ0n) is 25.9. The van der Waals surface area contributed by atoms with Crippen molar-refractivity contribution in [2.45, 2.75) is 122 Å². The highest BCUT2D eigenvalue weighted by atomic mass is 16.6. The van der Waals surface area contributed by atoms with Gasteiger partial charge < -0.3 is 24.8 Å². The Morgan fingerprint density at radius 3 is 2.07 bits per heavy atom. The second-order valence-electron chi connectivity index (χ2n) is 10.2. The molecule has 7 nitrogen and oxygen atoms in total. The highest BCUT2D eigenvalue weighted by Crippen LogP contribution is 2.09. The Morgan fingerprint density at radius 1 is 0.714 bits per heavy atom. The minimum absolute atomic E-state index is 0.140. The monoisotopic (exact) mass is 588 g/mol. The van der Waals surface area contributed by atoms with Gasteiger partial charge in [-0.25, -0.2) is 0 Å². The number of esters is 2. The Labute approximate surface area is 254 Å². The molecule has 7 heteroatoms. The number of aliphatic hydroxyl groups is 3. The van der Waals surface area contributed by atoms with E-state index >= 15 is 0 Å². The van der Waals surface area contributed by atoms with Crippen molar-refractivity contribution in [1.29, 1.82) is 0 Å². The summed E-state index contributed by atoms with van der Waals surface area (Å²) in [7, 11) is 0. The SMILES string of the molecule is CC/C=C\C[C@H](O)/C=C/C=C\C/C=C\C=C\[C@H](O)/C=C\CCCC(=O)O[C@@H](CO)COC(=O)CCCCCCCCC. The molecule has 0 heterocycles. The number of ether oxygens (including phenoxy) is 2. The normalized spacial score (nSPS) is 14.7. The lowest BCUT2D eigenvalue weighted by Gasteiger charge is -2.15. The van der Waals surface area contributed by atoms with Gasteiger partial charge in [0.1, 0.15) is 6.61 Å². The van der Waals surface area contributed by atoms with E-state index in [1.807, 2.05) is 48.6 Å². The molecule has 238 valence electrons. The molecule has 0 aromatic carbocycles. The second kappa shape index (κ2) is 29.7. The molecule has 3 N–H and O–H groups in total. The fourth-order valence-corrected chi connectivity index (χ4v) is 3.76. The van der Waals surface area contributed by atoms with Crippen molar-refractivity contribution in [2.24, 2.45) is 0 Å². The zero-order chi connectivity index (χ0) is 31.1. The number of carbonyl (C=O) groups excluding carboxylic acids is 2. The Kier molecular flexibility index (Phi) is 27.8. The minimum atomic E-state index is -0.858. The van der Waals surface area contributed by atoms with Crippen molar-refractivity contribution in [3.8, 4) is 0 Å². The van der Waals surface area contributed by atoms with Crippen LogP contribution < -0.4 is 0 Å². The van der Waals surface area contributed by atoms with Crippen LogP contribution in [0.2, 0.25) is 0 Å². The topological polar surface area (TPSA) is 113 Å². The summed E-state index contributed by atoms with van der Waals surface area (Å²) < 4.78 is 10.4. The van der Waals surface area contributed by atoms with Gasteiger partial charge in [0.25, 0.3) is 0 Å². The number of hydrogen-bond donors (Lipinski definition) is 3. The van der Waals surface area contributed by atoms with Crippen LogP contribution in [0, 0.1) is 0 Å². The number of allylic oxidation sites excluding steroid dienone is 8. The zero-order valence-corrected chi connectivity index (χ0v) is 25.9. The van der Waals surface area contributed by atoms with E-state index in [9.17, 15) is 24.9 Å². The largest absolute Gasteiger partial charge is 0.462 e. The standard InChI is InChI=1S/C35H56O7/c1-3-5-7-8-10-15-21-27-34(39)41-30-33(29-36)42-35(40)28-22-16-20-26-32(38)25-19-14-12-9-11-13-18-24-31(37)23-17-6-4-2/h6,11-14,17-20,24-26,31-33,36-38H,3-5,7-10,15-16,21-23,27-30H2,1-2H3/b13-11-,14-12-,17-6-,24-18+,25-19+,26-20-/t31-,32-,33-/m0/s1. The van der Waals surface area contributed by atoms with Crippen LogP contribution in [0.15, 0.2) is 72.9 Å². The fourth-order valence-electron chi connectivity index (χ4n) is 3.76. The molecule has 0 saturated carbocycles. The number of rotatable bonds is 26. The number of carbonyl (C=O) groups is 2. The van der Waals surface area contributed by atoms with Crippen LogP contribution in [0.25, 0.3) is 0 Å². The molecular formula is C35H56O7. The van der Waals surface area contributed by atoms with Gasteiger partial charge >= 0.3 is 11.9 Å². The molecule has 0 saturated heterocycles. The third kappa shape index (κ3) is 27.4. The molecule has 0 amide bonds. The average Bonchev–Trinajstić information content (AvgIpc) is 2.97. The van der Waals surface area contributed by atoms with Gasteiger partial charge in [0.15, 0.2) is 6.10 Å². The predicted molar refractivity (Wildman–Crippen MR) is 171 cm³/mol. The van der Waals surface area contributed by atoms with Crippen LogP contribution in [-0.2, 0) is 19.1 Å². The second-order valence-corrected chi connectivity index (χ2v) is 10.2. The highest BCUT2D eigenvalue weighted by Gasteiger charge is 2.15. The van der Waals surface area contributed by atoms with Crippen LogP contribution in [0.1, 0.15) is 104 Å². The predicted octanol–water partition coefficient (Wildman–Crippen LogP) is 6.99. The average molecular weight is 589 g/mol. The summed E-state index contributed by atoms with van der Waals surface area (Å²) in [5, 5.41) is 29.2. The van der Waals surface area contributed by atoms with Gasteiger partial charge in [-0.3, -0.25) is 9.59 Å². The van der Waals surface area contributed by atoms with Gasteiger partial charge in [0.05, 0.1) is 18.8 Å². The Balaban J connectivity index is 3.99. The molecule has 0 spiro atoms. The first-order chi connectivity index (χ1) is 20.4. The lowest BCUT2D eigenvalue weighted by atomic mass is 10.1. The number of unbranched alkanes of at least 4 members (excludes halogenated alkanes) is 7. The summed E-state index contributed by atoms with van der Waals surface area (Å²) in [4.78, 5) is 23.9. The van der Waals surface area contributed by atoms with Crippen molar-refractivity contribution in [3.63, 3.8) is 0 Å². The van der Waals surface area contributed by atoms with E-state index in [1.54, 1.807) is 24.3 Å². The lowest BCUT2D eigenvalue weighted by Crippen LogP contribution is -2.28. The van der Waals surface area contributed by atoms with Gasteiger partial charge in [-0.05, 0) is 38.5 Å². The van der Waals surface area contributed by atoms with E-state index < -0.39 is 30.9 Å². The van der Waals surface area contributed by atoms with Crippen molar-refractivity contribution < 1.29 is 34.4 Å². The van der Waals surface area contributed by atoms with Crippen LogP contribution in [-0.4, -0.2) is 58.8 Å². The summed E-state index contributed by atoms with van der Waals surface area (Å²) >= 11 is 0. The molecular weight excluding hydrogens is 532 g/mol. The van der Waals surface area contributed by atoms with Gasteiger partial charge in [0.2, 0.25) is 0 Å². The van der Waals surface area contributed by atoms with Crippen molar-refractivity contribution in [1.82, 2.24) is 0 Å². The molecule has 0 bridgehead atoms. The highest BCUT2D eigenvalue weighted by molar-refractivity contribution is 5.70. The minimum Gasteiger partial charge on any atom is -0.462 e. The van der Waals surface area contributed by atoms with Crippen LogP contribution in [0.5, 0.6) is 0 Å². The van der Waals surface area contributed by atoms with Gasteiger partial charge in [0, 0.05) is 12.8 Å². The smallest absolute Gasteiger partial charge is 0.306 e. The van der Waals surface area contributed by atoms with Crippen LogP contribution in [0.3, 0.4) is 0 Å². The Hall–Kier alpha value is -2.74. The molecule has 0 aromatic heterocycles. The first-order valence-corrected chi connectivity index (χ1v) is 15.7. The van der Waals surface area contributed by atoms with E-state index in [2.05, 4.69) is 13.8 Å². The Morgan fingerprint density at radius 2 is 1.38 bits per heavy atom. The maximum Gasteiger partial charge on any atom is 0.306 e. The van der Waals surface area contributed by atoms with Crippen molar-refractivity contribution >= 4 is 11.9 Å². The van der Waals surface area contributed by atoms with E-state index in [1.165, 1.54) is 25.7 Å². The summed E-state index contributed by atoms with van der Waals surface area (Å²) in [5.74, 6) is -0.792. The summed E-state index contributed by atoms with van der Waals surface area (Å²) in [6.07, 6.45) is 31.9. The summed E-state index contributed by atoms with van der Waals surface area (Å²) in [6, 6.07) is 0. The van der Waals surface area contributed by atoms with E-state index in [4.69, 9.17) is 9.47 Å². The lowest BCUT2D eigenvalue weighted by molar-refractivity contribution is -0.161. The maximum atomic E-state index is 12.0. The first-order valence-electron chi connectivity index (χ1n) is 15.7. The molecule has 0 radical (unpaired) electrons. The maximum absolute atomic E-state index is 12.0. The van der Waals surface area contributed by atoms with Crippen LogP contribution >= 0.6 is 0 Å². The third-order valence-electron chi connectivity index (χ3n) is 6.19. The number of aliphatic hydroxyl groups excluding tert-OH is 3. The van der Waals surface area contributed by atoms with Crippen molar-refractivity contribution in [2.75, 3.05) is 13.2 Å². The van der Waals surface area contributed by atoms with Gasteiger partial charge in [-0.15, -0.1) is 0 Å². The first kappa shape index (κ1) is 39.3. The number of hydrogen-bond acceptors (Lipinski definition) is 7. The molecule has 0 aromatic rings. The molecule has 0 aliphatic heterocycles. The van der Waals surface area contributed by atoms with Gasteiger partial charge in [-0.1, -0.05) is 125 Å².